The molecule has 0 aliphatic carbocycles. The summed E-state index contributed by atoms with van der Waals surface area (Å²) in [5.41, 5.74) is 6.16. The number of rotatable bonds is 7. The molecule has 3 heteroatoms. The van der Waals surface area contributed by atoms with E-state index in [0.29, 0.717) is 6.10 Å². The second-order valence-corrected chi connectivity index (χ2v) is 5.74. The van der Waals surface area contributed by atoms with Crippen molar-refractivity contribution in [1.82, 2.24) is 4.90 Å². The zero-order chi connectivity index (χ0) is 12.7. The number of nitrogens with zero attached hydrogens (tertiary/aromatic N) is 1. The normalized spacial score (nSPS) is 25.8. The van der Waals surface area contributed by atoms with Crippen molar-refractivity contribution >= 4 is 0 Å². The lowest BCUT2D eigenvalue weighted by Crippen LogP contribution is -2.46. The van der Waals surface area contributed by atoms with Crippen molar-refractivity contribution < 1.29 is 4.74 Å². The molecule has 2 unspecified atom stereocenters. The molecule has 0 saturated carbocycles. The SMILES string of the molecule is CCCOC1CCCN(CC(C)(CC)CN)C1. The Bertz CT molecular complexity index is 204. The van der Waals surface area contributed by atoms with Gasteiger partial charge in [-0.25, -0.2) is 0 Å². The minimum absolute atomic E-state index is 0.270. The largest absolute Gasteiger partial charge is 0.377 e. The van der Waals surface area contributed by atoms with Gasteiger partial charge in [-0.05, 0) is 44.2 Å². The van der Waals surface area contributed by atoms with Crippen LogP contribution in [0.25, 0.3) is 0 Å². The van der Waals surface area contributed by atoms with Crippen molar-refractivity contribution in [2.45, 2.75) is 52.6 Å². The number of hydrogen-bond acceptors (Lipinski definition) is 3. The average Bonchev–Trinajstić information content (AvgIpc) is 2.36. The van der Waals surface area contributed by atoms with Gasteiger partial charge < -0.3 is 15.4 Å². The Labute approximate surface area is 107 Å². The standard InChI is InChI=1S/C14H30N2O/c1-4-9-17-13-7-6-8-16(10-13)12-14(3,5-2)11-15/h13H,4-12,15H2,1-3H3. The van der Waals surface area contributed by atoms with Crippen molar-refractivity contribution in [3.63, 3.8) is 0 Å². The smallest absolute Gasteiger partial charge is 0.0702 e. The average molecular weight is 242 g/mol. The highest BCUT2D eigenvalue weighted by molar-refractivity contribution is 4.82. The van der Waals surface area contributed by atoms with E-state index < -0.39 is 0 Å². The highest BCUT2D eigenvalue weighted by atomic mass is 16.5. The van der Waals surface area contributed by atoms with Crippen LogP contribution in [0.2, 0.25) is 0 Å². The third-order valence-corrected chi connectivity index (χ3v) is 3.97. The van der Waals surface area contributed by atoms with Gasteiger partial charge >= 0.3 is 0 Å². The van der Waals surface area contributed by atoms with Crippen LogP contribution < -0.4 is 5.73 Å². The van der Waals surface area contributed by atoms with Crippen LogP contribution in [-0.4, -0.2) is 43.8 Å². The molecule has 2 atom stereocenters. The van der Waals surface area contributed by atoms with Gasteiger partial charge in [-0.15, -0.1) is 0 Å². The van der Waals surface area contributed by atoms with E-state index >= 15 is 0 Å². The molecule has 2 N–H and O–H groups in total. The van der Waals surface area contributed by atoms with Crippen LogP contribution in [0.5, 0.6) is 0 Å². The Morgan fingerprint density at radius 1 is 1.41 bits per heavy atom. The van der Waals surface area contributed by atoms with Gasteiger partial charge in [0.25, 0.3) is 0 Å². The summed E-state index contributed by atoms with van der Waals surface area (Å²) in [4.78, 5) is 2.54. The minimum atomic E-state index is 0.270. The number of hydrogen-bond donors (Lipinski definition) is 1. The molecule has 0 spiro atoms. The van der Waals surface area contributed by atoms with Crippen LogP contribution >= 0.6 is 0 Å². The molecule has 1 saturated heterocycles. The minimum Gasteiger partial charge on any atom is -0.377 e. The predicted molar refractivity (Wildman–Crippen MR) is 73.2 cm³/mol. The van der Waals surface area contributed by atoms with Crippen molar-refractivity contribution in [2.24, 2.45) is 11.1 Å². The second-order valence-electron chi connectivity index (χ2n) is 5.74. The number of nitrogens with two attached hydrogens (primary N) is 1. The molecule has 1 aliphatic rings. The third-order valence-electron chi connectivity index (χ3n) is 3.97. The fourth-order valence-corrected chi connectivity index (χ4v) is 2.44. The number of piperidine rings is 1. The summed E-state index contributed by atoms with van der Waals surface area (Å²) in [6.45, 7) is 11.8. The molecular weight excluding hydrogens is 212 g/mol. The fourth-order valence-electron chi connectivity index (χ4n) is 2.44. The van der Waals surface area contributed by atoms with Gasteiger partial charge in [0.1, 0.15) is 0 Å². The lowest BCUT2D eigenvalue weighted by molar-refractivity contribution is -0.0100. The second kappa shape index (κ2) is 7.34. The van der Waals surface area contributed by atoms with E-state index in [1.807, 2.05) is 0 Å². The van der Waals surface area contributed by atoms with Gasteiger partial charge in [0, 0.05) is 19.7 Å². The van der Waals surface area contributed by atoms with Crippen LogP contribution in [0.15, 0.2) is 0 Å². The Morgan fingerprint density at radius 2 is 2.18 bits per heavy atom. The van der Waals surface area contributed by atoms with Gasteiger partial charge in [-0.3, -0.25) is 0 Å². The highest BCUT2D eigenvalue weighted by Gasteiger charge is 2.27. The molecule has 102 valence electrons. The first-order chi connectivity index (χ1) is 8.13. The Morgan fingerprint density at radius 3 is 2.76 bits per heavy atom. The van der Waals surface area contributed by atoms with Crippen molar-refractivity contribution in [2.75, 3.05) is 32.8 Å². The molecule has 0 aromatic heterocycles. The molecular formula is C14H30N2O. The Balaban J connectivity index is 2.38. The van der Waals surface area contributed by atoms with Gasteiger partial charge in [-0.2, -0.15) is 0 Å². The molecule has 1 aliphatic heterocycles. The quantitative estimate of drug-likeness (QED) is 0.744. The summed E-state index contributed by atoms with van der Waals surface area (Å²) in [6.07, 6.45) is 5.20. The lowest BCUT2D eigenvalue weighted by Gasteiger charge is -2.38. The van der Waals surface area contributed by atoms with Crippen molar-refractivity contribution in [1.29, 1.82) is 0 Å². The lowest BCUT2D eigenvalue weighted by atomic mass is 9.86. The topological polar surface area (TPSA) is 38.5 Å². The maximum Gasteiger partial charge on any atom is 0.0702 e. The molecule has 0 amide bonds. The Kier molecular flexibility index (Phi) is 6.45. The molecule has 3 nitrogen and oxygen atoms in total. The summed E-state index contributed by atoms with van der Waals surface area (Å²) in [5, 5.41) is 0. The van der Waals surface area contributed by atoms with E-state index in [-0.39, 0.29) is 5.41 Å². The van der Waals surface area contributed by atoms with E-state index in [1.54, 1.807) is 0 Å². The molecule has 0 radical (unpaired) electrons. The number of likely N-dealkylation sites (tertiary alicyclic amines) is 1. The third kappa shape index (κ3) is 4.94. The van der Waals surface area contributed by atoms with E-state index in [0.717, 1.165) is 39.1 Å². The van der Waals surface area contributed by atoms with Crippen molar-refractivity contribution in [3.8, 4) is 0 Å². The van der Waals surface area contributed by atoms with Crippen LogP contribution in [0.4, 0.5) is 0 Å². The number of ether oxygens (including phenoxy) is 1. The Hall–Kier alpha value is -0.120. The highest BCUT2D eigenvalue weighted by Crippen LogP contribution is 2.23. The summed E-state index contributed by atoms with van der Waals surface area (Å²) >= 11 is 0. The van der Waals surface area contributed by atoms with E-state index in [2.05, 4.69) is 25.7 Å². The van der Waals surface area contributed by atoms with Gasteiger partial charge in [-0.1, -0.05) is 20.8 Å². The first-order valence-electron chi connectivity index (χ1n) is 7.17. The summed E-state index contributed by atoms with van der Waals surface area (Å²) in [5.74, 6) is 0. The fraction of sp³-hybridized carbons (Fsp3) is 1.00. The predicted octanol–water partition coefficient (Wildman–Crippen LogP) is 2.25. The zero-order valence-corrected chi connectivity index (χ0v) is 11.9. The first-order valence-corrected chi connectivity index (χ1v) is 7.17. The van der Waals surface area contributed by atoms with Crippen LogP contribution in [0.1, 0.15) is 46.5 Å². The maximum absolute atomic E-state index is 5.89. The molecule has 0 aromatic carbocycles. The summed E-state index contributed by atoms with van der Waals surface area (Å²) in [7, 11) is 0. The van der Waals surface area contributed by atoms with Crippen LogP contribution in [-0.2, 0) is 4.74 Å². The monoisotopic (exact) mass is 242 g/mol. The van der Waals surface area contributed by atoms with Crippen LogP contribution in [0.3, 0.4) is 0 Å². The van der Waals surface area contributed by atoms with Gasteiger partial charge in [0.15, 0.2) is 0 Å². The van der Waals surface area contributed by atoms with Gasteiger partial charge in [0.05, 0.1) is 6.10 Å². The van der Waals surface area contributed by atoms with Crippen molar-refractivity contribution in [3.05, 3.63) is 0 Å². The van der Waals surface area contributed by atoms with E-state index in [9.17, 15) is 0 Å². The molecule has 0 aromatic rings. The maximum atomic E-state index is 5.89. The zero-order valence-electron chi connectivity index (χ0n) is 11.9. The van der Waals surface area contributed by atoms with E-state index in [4.69, 9.17) is 10.5 Å². The van der Waals surface area contributed by atoms with Crippen LogP contribution in [0, 0.1) is 5.41 Å². The van der Waals surface area contributed by atoms with E-state index in [1.165, 1.54) is 19.4 Å². The molecule has 1 rings (SSSR count). The first kappa shape index (κ1) is 14.9. The van der Waals surface area contributed by atoms with Gasteiger partial charge in [0.2, 0.25) is 0 Å². The molecule has 1 fully saturated rings. The molecule has 0 bridgehead atoms. The summed E-state index contributed by atoms with van der Waals surface area (Å²) < 4.78 is 5.87. The summed E-state index contributed by atoms with van der Waals surface area (Å²) in [6, 6.07) is 0. The molecule has 17 heavy (non-hydrogen) atoms. The molecule has 1 heterocycles.